The first-order valence-electron chi connectivity index (χ1n) is 6.84. The number of amides is 2. The maximum Gasteiger partial charge on any atom is 0.276 e. The zero-order valence-corrected chi connectivity index (χ0v) is 12.3. The van der Waals surface area contributed by atoms with Crippen molar-refractivity contribution in [2.75, 3.05) is 5.32 Å². The van der Waals surface area contributed by atoms with Crippen LogP contribution in [-0.4, -0.2) is 21.6 Å². The maximum atomic E-state index is 12.3. The maximum absolute atomic E-state index is 12.3. The van der Waals surface area contributed by atoms with E-state index in [1.54, 1.807) is 60.5 Å². The standard InChI is InChI=1S/C16H14N4O3/c1-20-13(14-3-2-8-23-14)9-12(19-20)16(22)18-11-6-4-10(5-7-11)15(17)21/h2-9H,1H3,(H2,17,21)(H,18,22). The molecule has 1 aromatic carbocycles. The quantitative estimate of drug-likeness (QED) is 0.769. The molecule has 2 heterocycles. The van der Waals surface area contributed by atoms with Gasteiger partial charge in [-0.25, -0.2) is 0 Å². The molecule has 0 fully saturated rings. The lowest BCUT2D eigenvalue weighted by Crippen LogP contribution is -2.14. The van der Waals surface area contributed by atoms with E-state index in [2.05, 4.69) is 10.4 Å². The number of hydrogen-bond acceptors (Lipinski definition) is 4. The van der Waals surface area contributed by atoms with Gasteiger partial charge >= 0.3 is 0 Å². The number of carbonyl (C=O) groups excluding carboxylic acids is 2. The minimum Gasteiger partial charge on any atom is -0.463 e. The van der Waals surface area contributed by atoms with Crippen LogP contribution in [0, 0.1) is 0 Å². The van der Waals surface area contributed by atoms with Gasteiger partial charge in [0.15, 0.2) is 11.5 Å². The highest BCUT2D eigenvalue weighted by atomic mass is 16.3. The van der Waals surface area contributed by atoms with Crippen LogP contribution < -0.4 is 11.1 Å². The monoisotopic (exact) mass is 310 g/mol. The van der Waals surface area contributed by atoms with Gasteiger partial charge in [-0.15, -0.1) is 0 Å². The van der Waals surface area contributed by atoms with Gasteiger partial charge in [0.2, 0.25) is 5.91 Å². The Morgan fingerprint density at radius 2 is 1.96 bits per heavy atom. The van der Waals surface area contributed by atoms with Crippen LogP contribution in [0.3, 0.4) is 0 Å². The molecule has 23 heavy (non-hydrogen) atoms. The van der Waals surface area contributed by atoms with Crippen molar-refractivity contribution in [1.82, 2.24) is 9.78 Å². The highest BCUT2D eigenvalue weighted by Crippen LogP contribution is 2.20. The smallest absolute Gasteiger partial charge is 0.276 e. The van der Waals surface area contributed by atoms with Gasteiger partial charge in [-0.3, -0.25) is 14.3 Å². The Labute approximate surface area is 131 Å². The largest absolute Gasteiger partial charge is 0.463 e. The number of nitrogens with zero attached hydrogens (tertiary/aromatic N) is 2. The number of carbonyl (C=O) groups is 2. The van der Waals surface area contributed by atoms with Crippen LogP contribution in [0.15, 0.2) is 53.1 Å². The van der Waals surface area contributed by atoms with Crippen molar-refractivity contribution in [3.05, 3.63) is 60.0 Å². The highest BCUT2D eigenvalue weighted by Gasteiger charge is 2.15. The third-order valence-electron chi connectivity index (χ3n) is 3.31. The molecule has 0 saturated heterocycles. The molecule has 0 aliphatic carbocycles. The third-order valence-corrected chi connectivity index (χ3v) is 3.31. The first kappa shape index (κ1) is 14.6. The van der Waals surface area contributed by atoms with E-state index < -0.39 is 5.91 Å². The van der Waals surface area contributed by atoms with Crippen LogP contribution in [0.2, 0.25) is 0 Å². The van der Waals surface area contributed by atoms with Crippen LogP contribution in [0.25, 0.3) is 11.5 Å². The minimum atomic E-state index is -0.518. The number of nitrogens with two attached hydrogens (primary N) is 1. The fraction of sp³-hybridized carbons (Fsp3) is 0.0625. The molecule has 0 atom stereocenters. The number of furan rings is 1. The Morgan fingerprint density at radius 3 is 2.57 bits per heavy atom. The van der Waals surface area contributed by atoms with Gasteiger partial charge in [-0.2, -0.15) is 5.10 Å². The average molecular weight is 310 g/mol. The van der Waals surface area contributed by atoms with Crippen LogP contribution in [0.4, 0.5) is 5.69 Å². The van der Waals surface area contributed by atoms with Crippen molar-refractivity contribution < 1.29 is 14.0 Å². The number of aryl methyl sites for hydroxylation is 1. The SMILES string of the molecule is Cn1nc(C(=O)Nc2ccc(C(N)=O)cc2)cc1-c1ccco1. The average Bonchev–Trinajstić information content (AvgIpc) is 3.16. The second kappa shape index (κ2) is 5.80. The van der Waals surface area contributed by atoms with E-state index in [4.69, 9.17) is 10.2 Å². The summed E-state index contributed by atoms with van der Waals surface area (Å²) in [7, 11) is 1.73. The van der Waals surface area contributed by atoms with Crippen molar-refractivity contribution in [2.24, 2.45) is 12.8 Å². The molecule has 0 radical (unpaired) electrons. The molecule has 0 aliphatic rings. The predicted octanol–water partition coefficient (Wildman–Crippen LogP) is 2.03. The molecule has 0 unspecified atom stereocenters. The molecule has 7 heteroatoms. The molecule has 116 valence electrons. The van der Waals surface area contributed by atoms with E-state index in [1.807, 2.05) is 0 Å². The summed E-state index contributed by atoms with van der Waals surface area (Å²) in [6.07, 6.45) is 1.56. The van der Waals surface area contributed by atoms with E-state index >= 15 is 0 Å². The number of nitrogens with one attached hydrogen (secondary N) is 1. The van der Waals surface area contributed by atoms with Crippen molar-refractivity contribution in [1.29, 1.82) is 0 Å². The van der Waals surface area contributed by atoms with Gasteiger partial charge in [0, 0.05) is 24.4 Å². The Balaban J connectivity index is 1.78. The molecule has 0 bridgehead atoms. The first-order valence-corrected chi connectivity index (χ1v) is 6.84. The zero-order chi connectivity index (χ0) is 16.4. The summed E-state index contributed by atoms with van der Waals surface area (Å²) in [4.78, 5) is 23.3. The second-order valence-corrected chi connectivity index (χ2v) is 4.91. The summed E-state index contributed by atoms with van der Waals surface area (Å²) in [5.74, 6) is -0.245. The highest BCUT2D eigenvalue weighted by molar-refractivity contribution is 6.03. The molecule has 2 aromatic heterocycles. The van der Waals surface area contributed by atoms with Gasteiger partial charge in [-0.1, -0.05) is 0 Å². The predicted molar refractivity (Wildman–Crippen MR) is 83.8 cm³/mol. The number of benzene rings is 1. The van der Waals surface area contributed by atoms with E-state index in [0.29, 0.717) is 22.7 Å². The summed E-state index contributed by atoms with van der Waals surface area (Å²) >= 11 is 0. The summed E-state index contributed by atoms with van der Waals surface area (Å²) in [6, 6.07) is 11.5. The van der Waals surface area contributed by atoms with Gasteiger partial charge in [0.1, 0.15) is 5.69 Å². The fourth-order valence-electron chi connectivity index (χ4n) is 2.15. The topological polar surface area (TPSA) is 103 Å². The van der Waals surface area contributed by atoms with E-state index in [0.717, 1.165) is 0 Å². The van der Waals surface area contributed by atoms with Gasteiger partial charge in [0.25, 0.3) is 5.91 Å². The first-order chi connectivity index (χ1) is 11.0. The van der Waals surface area contributed by atoms with Gasteiger partial charge < -0.3 is 15.5 Å². The number of anilines is 1. The summed E-state index contributed by atoms with van der Waals surface area (Å²) < 4.78 is 6.88. The molecule has 2 amide bonds. The Morgan fingerprint density at radius 1 is 1.22 bits per heavy atom. The Hall–Kier alpha value is -3.35. The lowest BCUT2D eigenvalue weighted by Gasteiger charge is -2.03. The van der Waals surface area contributed by atoms with Crippen LogP contribution in [0.5, 0.6) is 0 Å². The number of aromatic nitrogens is 2. The van der Waals surface area contributed by atoms with Crippen LogP contribution in [0.1, 0.15) is 20.8 Å². The third kappa shape index (κ3) is 2.98. The molecule has 0 aliphatic heterocycles. The van der Waals surface area contributed by atoms with Crippen molar-refractivity contribution in [3.63, 3.8) is 0 Å². The molecule has 3 rings (SSSR count). The molecular weight excluding hydrogens is 296 g/mol. The van der Waals surface area contributed by atoms with Crippen LogP contribution >= 0.6 is 0 Å². The molecular formula is C16H14N4O3. The van der Waals surface area contributed by atoms with E-state index in [9.17, 15) is 9.59 Å². The molecule has 7 nitrogen and oxygen atoms in total. The Bertz CT molecular complexity index is 848. The van der Waals surface area contributed by atoms with Crippen LogP contribution in [-0.2, 0) is 7.05 Å². The summed E-state index contributed by atoms with van der Waals surface area (Å²) in [5.41, 5.74) is 7.06. The minimum absolute atomic E-state index is 0.262. The molecule has 3 N–H and O–H groups in total. The van der Waals surface area contributed by atoms with Gasteiger partial charge in [0.05, 0.1) is 6.26 Å². The fourth-order valence-corrected chi connectivity index (χ4v) is 2.15. The normalized spacial score (nSPS) is 10.5. The lowest BCUT2D eigenvalue weighted by atomic mass is 10.2. The van der Waals surface area contributed by atoms with Gasteiger partial charge in [-0.05, 0) is 36.4 Å². The zero-order valence-electron chi connectivity index (χ0n) is 12.3. The van der Waals surface area contributed by atoms with Crippen molar-refractivity contribution in [3.8, 4) is 11.5 Å². The molecule has 0 spiro atoms. The van der Waals surface area contributed by atoms with E-state index in [1.165, 1.54) is 0 Å². The van der Waals surface area contributed by atoms with Crippen molar-refractivity contribution in [2.45, 2.75) is 0 Å². The molecule has 0 saturated carbocycles. The molecule has 3 aromatic rings. The lowest BCUT2D eigenvalue weighted by molar-refractivity contribution is 0.0997. The summed E-state index contributed by atoms with van der Waals surface area (Å²) in [6.45, 7) is 0. The number of primary amides is 1. The summed E-state index contributed by atoms with van der Waals surface area (Å²) in [5, 5.41) is 6.89. The van der Waals surface area contributed by atoms with Crippen molar-refractivity contribution >= 4 is 17.5 Å². The second-order valence-electron chi connectivity index (χ2n) is 4.91. The number of hydrogen-bond donors (Lipinski definition) is 2. The van der Waals surface area contributed by atoms with E-state index in [-0.39, 0.29) is 11.6 Å². The number of rotatable bonds is 4. The Kier molecular flexibility index (Phi) is 3.68.